The molecule has 0 spiro atoms. The molecule has 118 valence electrons. The van der Waals surface area contributed by atoms with E-state index in [2.05, 4.69) is 20.3 Å². The van der Waals surface area contributed by atoms with Gasteiger partial charge in [-0.05, 0) is 13.8 Å². The van der Waals surface area contributed by atoms with E-state index in [9.17, 15) is 4.79 Å². The van der Waals surface area contributed by atoms with Crippen molar-refractivity contribution < 1.29 is 14.1 Å². The van der Waals surface area contributed by atoms with Gasteiger partial charge in [0.2, 0.25) is 5.89 Å². The predicted octanol–water partition coefficient (Wildman–Crippen LogP) is 1.40. The van der Waals surface area contributed by atoms with Gasteiger partial charge in [0, 0.05) is 26.0 Å². The quantitative estimate of drug-likeness (QED) is 0.920. The highest BCUT2D eigenvalue weighted by Crippen LogP contribution is 2.30. The van der Waals surface area contributed by atoms with Crippen LogP contribution < -0.4 is 0 Å². The van der Waals surface area contributed by atoms with Gasteiger partial charge in [0.15, 0.2) is 11.5 Å². The molecule has 1 amide bonds. The van der Waals surface area contributed by atoms with Crippen LogP contribution in [0.25, 0.3) is 0 Å². The molecule has 3 rings (SSSR count). The number of hydrogen-bond acceptors (Lipinski definition) is 6. The molecule has 1 N–H and O–H groups in total. The molecule has 2 aromatic rings. The van der Waals surface area contributed by atoms with Crippen LogP contribution >= 0.6 is 0 Å². The maximum absolute atomic E-state index is 12.6. The number of fused-ring (bicyclic) bond motifs is 1. The molecule has 2 aromatic heterocycles. The first-order valence-corrected chi connectivity index (χ1v) is 7.23. The van der Waals surface area contributed by atoms with Crippen molar-refractivity contribution in [1.82, 2.24) is 25.2 Å². The molecule has 0 aliphatic carbocycles. The Balaban J connectivity index is 1.80. The summed E-state index contributed by atoms with van der Waals surface area (Å²) in [5.41, 5.74) is 2.26. The number of carbonyl (C=O) groups excluding carboxylic acids is 1. The van der Waals surface area contributed by atoms with Crippen LogP contribution in [0.3, 0.4) is 0 Å². The van der Waals surface area contributed by atoms with Crippen LogP contribution in [0.2, 0.25) is 0 Å². The fourth-order valence-electron chi connectivity index (χ4n) is 2.72. The lowest BCUT2D eigenvalue weighted by molar-refractivity contribution is -0.00701. The zero-order valence-electron chi connectivity index (χ0n) is 13.1. The number of H-pyrrole nitrogens is 1. The Kier molecular flexibility index (Phi) is 3.69. The third-order valence-corrected chi connectivity index (χ3v) is 3.73. The van der Waals surface area contributed by atoms with Crippen molar-refractivity contribution in [3.8, 4) is 0 Å². The minimum Gasteiger partial charge on any atom is -0.369 e. The van der Waals surface area contributed by atoms with Crippen molar-refractivity contribution in [2.24, 2.45) is 0 Å². The average Bonchev–Trinajstić information content (AvgIpc) is 3.04. The molecule has 0 bridgehead atoms. The van der Waals surface area contributed by atoms with Crippen LogP contribution in [0, 0.1) is 6.92 Å². The van der Waals surface area contributed by atoms with Crippen molar-refractivity contribution in [2.45, 2.75) is 45.9 Å². The van der Waals surface area contributed by atoms with E-state index in [4.69, 9.17) is 9.26 Å². The monoisotopic (exact) mass is 305 g/mol. The Bertz CT molecular complexity index is 692. The molecule has 0 saturated carbocycles. The number of aryl methyl sites for hydroxylation is 1. The molecule has 0 radical (unpaired) electrons. The van der Waals surface area contributed by atoms with Gasteiger partial charge in [0.05, 0.1) is 24.4 Å². The summed E-state index contributed by atoms with van der Waals surface area (Å²) in [5, 5.41) is 10.9. The summed E-state index contributed by atoms with van der Waals surface area (Å²) in [4.78, 5) is 18.3. The topological polar surface area (TPSA) is 97.1 Å². The summed E-state index contributed by atoms with van der Waals surface area (Å²) in [6.45, 7) is 5.93. The van der Waals surface area contributed by atoms with Crippen molar-refractivity contribution in [3.63, 3.8) is 0 Å². The number of nitrogens with one attached hydrogen (secondary N) is 1. The molecule has 0 fully saturated rings. The predicted molar refractivity (Wildman–Crippen MR) is 76.1 cm³/mol. The van der Waals surface area contributed by atoms with Crippen LogP contribution in [0.1, 0.15) is 53.4 Å². The smallest absolute Gasteiger partial charge is 0.274 e. The molecule has 22 heavy (non-hydrogen) atoms. The van der Waals surface area contributed by atoms with Crippen molar-refractivity contribution in [1.29, 1.82) is 0 Å². The van der Waals surface area contributed by atoms with E-state index in [0.29, 0.717) is 23.8 Å². The van der Waals surface area contributed by atoms with Crippen LogP contribution in [0.4, 0.5) is 0 Å². The van der Waals surface area contributed by atoms with E-state index in [1.165, 1.54) is 4.90 Å². The SMILES string of the molecule is Cc1nc(CN(C)C(=O)c2n[nH]c3c2C[C@@H](C)O[C@H]3C)no1. The second-order valence-corrected chi connectivity index (χ2v) is 5.65. The molecular weight excluding hydrogens is 286 g/mol. The van der Waals surface area contributed by atoms with Crippen LogP contribution in [-0.4, -0.2) is 44.3 Å². The minimum absolute atomic E-state index is 0.0665. The number of aromatic amines is 1. The van der Waals surface area contributed by atoms with Gasteiger partial charge in [0.25, 0.3) is 5.91 Å². The van der Waals surface area contributed by atoms with Gasteiger partial charge in [-0.1, -0.05) is 5.16 Å². The van der Waals surface area contributed by atoms with E-state index in [1.807, 2.05) is 13.8 Å². The highest BCUT2D eigenvalue weighted by atomic mass is 16.5. The van der Waals surface area contributed by atoms with E-state index in [1.54, 1.807) is 14.0 Å². The zero-order valence-corrected chi connectivity index (χ0v) is 13.1. The average molecular weight is 305 g/mol. The normalized spacial score (nSPS) is 20.7. The summed E-state index contributed by atoms with van der Waals surface area (Å²) >= 11 is 0. The number of ether oxygens (including phenoxy) is 1. The summed E-state index contributed by atoms with van der Waals surface area (Å²) in [6, 6.07) is 0. The molecule has 3 heterocycles. The number of nitrogens with zero attached hydrogens (tertiary/aromatic N) is 4. The molecule has 1 aliphatic rings. The largest absolute Gasteiger partial charge is 0.369 e. The number of carbonyl (C=O) groups is 1. The van der Waals surface area contributed by atoms with Gasteiger partial charge >= 0.3 is 0 Å². The van der Waals surface area contributed by atoms with Crippen LogP contribution in [0.15, 0.2) is 4.52 Å². The van der Waals surface area contributed by atoms with Crippen molar-refractivity contribution in [3.05, 3.63) is 28.7 Å². The van der Waals surface area contributed by atoms with Crippen molar-refractivity contribution in [2.75, 3.05) is 7.05 Å². The van der Waals surface area contributed by atoms with E-state index in [-0.39, 0.29) is 24.7 Å². The Labute approximate surface area is 127 Å². The highest BCUT2D eigenvalue weighted by molar-refractivity contribution is 5.93. The summed E-state index contributed by atoms with van der Waals surface area (Å²) in [5.74, 6) is 0.789. The fraction of sp³-hybridized carbons (Fsp3) is 0.571. The number of aromatic nitrogens is 4. The summed E-state index contributed by atoms with van der Waals surface area (Å²) in [7, 11) is 1.70. The lowest BCUT2D eigenvalue weighted by Gasteiger charge is -2.25. The molecule has 0 saturated heterocycles. The van der Waals surface area contributed by atoms with Gasteiger partial charge in [-0.25, -0.2) is 0 Å². The van der Waals surface area contributed by atoms with Gasteiger partial charge in [-0.2, -0.15) is 10.1 Å². The molecule has 2 atom stereocenters. The summed E-state index contributed by atoms with van der Waals surface area (Å²) < 4.78 is 10.7. The molecule has 8 heteroatoms. The second kappa shape index (κ2) is 5.53. The first-order valence-electron chi connectivity index (χ1n) is 7.23. The standard InChI is InChI=1S/C14H19N5O3/c1-7-5-10-12(8(2)21-7)16-17-13(10)14(20)19(4)6-11-15-9(3)22-18-11/h7-8H,5-6H2,1-4H3,(H,16,17)/t7-,8+/m1/s1. The third-order valence-electron chi connectivity index (χ3n) is 3.73. The van der Waals surface area contributed by atoms with E-state index < -0.39 is 0 Å². The second-order valence-electron chi connectivity index (χ2n) is 5.65. The molecule has 1 aliphatic heterocycles. The number of rotatable bonds is 3. The van der Waals surface area contributed by atoms with E-state index in [0.717, 1.165) is 11.3 Å². The fourth-order valence-corrected chi connectivity index (χ4v) is 2.72. The Hall–Kier alpha value is -2.22. The maximum atomic E-state index is 12.6. The summed E-state index contributed by atoms with van der Waals surface area (Å²) in [6.07, 6.45) is 0.654. The third kappa shape index (κ3) is 2.61. The molecule has 8 nitrogen and oxygen atoms in total. The Morgan fingerprint density at radius 1 is 1.45 bits per heavy atom. The van der Waals surface area contributed by atoms with Crippen LogP contribution in [0.5, 0.6) is 0 Å². The highest BCUT2D eigenvalue weighted by Gasteiger charge is 2.30. The van der Waals surface area contributed by atoms with Gasteiger partial charge < -0.3 is 14.2 Å². The Morgan fingerprint density at radius 3 is 2.91 bits per heavy atom. The first kappa shape index (κ1) is 14.7. The van der Waals surface area contributed by atoms with Gasteiger partial charge in [0.1, 0.15) is 0 Å². The molecule has 0 unspecified atom stereocenters. The van der Waals surface area contributed by atoms with Crippen LogP contribution in [-0.2, 0) is 17.7 Å². The first-order chi connectivity index (χ1) is 10.5. The Morgan fingerprint density at radius 2 is 2.23 bits per heavy atom. The van der Waals surface area contributed by atoms with Crippen molar-refractivity contribution >= 4 is 5.91 Å². The molecular formula is C14H19N5O3. The van der Waals surface area contributed by atoms with E-state index >= 15 is 0 Å². The van der Waals surface area contributed by atoms with Gasteiger partial charge in [-0.3, -0.25) is 9.89 Å². The lowest BCUT2D eigenvalue weighted by atomic mass is 9.99. The number of amides is 1. The number of hydrogen-bond donors (Lipinski definition) is 1. The zero-order chi connectivity index (χ0) is 15.9. The maximum Gasteiger partial charge on any atom is 0.274 e. The lowest BCUT2D eigenvalue weighted by Crippen LogP contribution is -2.29. The minimum atomic E-state index is -0.166. The van der Waals surface area contributed by atoms with Gasteiger partial charge in [-0.15, -0.1) is 0 Å². The molecule has 0 aromatic carbocycles.